The molecule has 1 aromatic carbocycles. The lowest BCUT2D eigenvalue weighted by atomic mass is 9.67. The van der Waals surface area contributed by atoms with Crippen molar-refractivity contribution in [2.75, 3.05) is 34.5 Å². The Morgan fingerprint density at radius 2 is 2.00 bits per heavy atom. The predicted octanol–water partition coefficient (Wildman–Crippen LogP) is 2.91. The minimum atomic E-state index is -2.13. The third-order valence-corrected chi connectivity index (χ3v) is 8.50. The Balaban J connectivity index is 1.75. The van der Waals surface area contributed by atoms with Gasteiger partial charge in [-0.25, -0.2) is 0 Å². The Hall–Kier alpha value is -3.71. The third kappa shape index (κ3) is 4.51. The zero-order chi connectivity index (χ0) is 29.2. The molecule has 3 unspecified atom stereocenters. The predicted molar refractivity (Wildman–Crippen MR) is 151 cm³/mol. The second-order valence-electron chi connectivity index (χ2n) is 10.6. The van der Waals surface area contributed by atoms with Gasteiger partial charge < -0.3 is 39.6 Å². The number of hydrogen-bond donors (Lipinski definition) is 3. The van der Waals surface area contributed by atoms with E-state index in [9.17, 15) is 15.0 Å². The van der Waals surface area contributed by atoms with Crippen molar-refractivity contribution in [3.63, 3.8) is 0 Å². The van der Waals surface area contributed by atoms with Crippen molar-refractivity contribution in [3.8, 4) is 29.1 Å². The van der Waals surface area contributed by atoms with Crippen molar-refractivity contribution >= 4 is 5.97 Å². The van der Waals surface area contributed by atoms with Gasteiger partial charge in [0.15, 0.2) is 11.2 Å². The van der Waals surface area contributed by atoms with E-state index < -0.39 is 35.1 Å². The van der Waals surface area contributed by atoms with Gasteiger partial charge in [-0.2, -0.15) is 0 Å². The highest BCUT2D eigenvalue weighted by molar-refractivity contribution is 5.78. The summed E-state index contributed by atoms with van der Waals surface area (Å²) in [5.74, 6) is 5.11. The SMILES string of the molecule is COC(=O)C1C(C2C=CC=CC2)[C@@]2(C3=CC=C(OC)CC#C3)Oc3cc(OCCCCN)cc(OC)c3[C@@]2(O)[C@H]1O. The molecule has 41 heavy (non-hydrogen) atoms. The van der Waals surface area contributed by atoms with Gasteiger partial charge >= 0.3 is 5.97 Å². The molecule has 1 fully saturated rings. The molecule has 0 radical (unpaired) electrons. The minimum absolute atomic E-state index is 0.233. The second-order valence-corrected chi connectivity index (χ2v) is 10.6. The number of unbranched alkanes of at least 4 members (excludes halogenated alkanes) is 1. The summed E-state index contributed by atoms with van der Waals surface area (Å²) < 4.78 is 29.3. The Bertz CT molecular complexity index is 1370. The van der Waals surface area contributed by atoms with Crippen LogP contribution in [0, 0.1) is 29.6 Å². The Morgan fingerprint density at radius 1 is 1.17 bits per heavy atom. The maximum atomic E-state index is 13.4. The van der Waals surface area contributed by atoms with E-state index in [0.29, 0.717) is 43.1 Å². The van der Waals surface area contributed by atoms with E-state index in [1.165, 1.54) is 14.2 Å². The summed E-state index contributed by atoms with van der Waals surface area (Å²) in [4.78, 5) is 13.4. The molecule has 9 nitrogen and oxygen atoms in total. The van der Waals surface area contributed by atoms with Crippen molar-refractivity contribution in [1.29, 1.82) is 0 Å². The lowest BCUT2D eigenvalue weighted by Crippen LogP contribution is -2.57. The molecule has 218 valence electrons. The van der Waals surface area contributed by atoms with Gasteiger partial charge in [0.25, 0.3) is 0 Å². The first-order chi connectivity index (χ1) is 19.9. The van der Waals surface area contributed by atoms with Gasteiger partial charge in [-0.15, -0.1) is 0 Å². The van der Waals surface area contributed by atoms with E-state index in [2.05, 4.69) is 11.8 Å². The first-order valence-electron chi connectivity index (χ1n) is 13.9. The first kappa shape index (κ1) is 28.8. The fraction of sp³-hybridized carbons (Fsp3) is 0.469. The van der Waals surface area contributed by atoms with Crippen LogP contribution in [-0.2, 0) is 19.9 Å². The summed E-state index contributed by atoms with van der Waals surface area (Å²) in [6.07, 6.45) is 12.2. The summed E-state index contributed by atoms with van der Waals surface area (Å²) in [7, 11) is 4.31. The number of hydrogen-bond acceptors (Lipinski definition) is 9. The maximum Gasteiger partial charge on any atom is 0.311 e. The second kappa shape index (κ2) is 11.6. The van der Waals surface area contributed by atoms with Gasteiger partial charge in [-0.05, 0) is 43.9 Å². The molecule has 0 amide bonds. The molecule has 5 rings (SSSR count). The Morgan fingerprint density at radius 3 is 2.68 bits per heavy atom. The van der Waals surface area contributed by atoms with E-state index >= 15 is 0 Å². The minimum Gasteiger partial charge on any atom is -0.500 e. The molecule has 4 N–H and O–H groups in total. The van der Waals surface area contributed by atoms with Crippen LogP contribution in [0.25, 0.3) is 0 Å². The van der Waals surface area contributed by atoms with Crippen LogP contribution in [0.3, 0.4) is 0 Å². The molecule has 1 saturated carbocycles. The van der Waals surface area contributed by atoms with Crippen molar-refractivity contribution < 1.29 is 38.7 Å². The molecular weight excluding hydrogens is 526 g/mol. The molecule has 0 saturated heterocycles. The molecule has 0 aromatic heterocycles. The normalized spacial score (nSPS) is 31.0. The van der Waals surface area contributed by atoms with Gasteiger partial charge in [0.1, 0.15) is 29.1 Å². The number of fused-ring (bicyclic) bond motifs is 3. The van der Waals surface area contributed by atoms with Crippen LogP contribution in [0.1, 0.15) is 31.2 Å². The average molecular weight is 564 g/mol. The molecular formula is C32H37NO8. The summed E-state index contributed by atoms with van der Waals surface area (Å²) in [5.41, 5.74) is 2.46. The lowest BCUT2D eigenvalue weighted by molar-refractivity contribution is -0.156. The smallest absolute Gasteiger partial charge is 0.311 e. The summed E-state index contributed by atoms with van der Waals surface area (Å²) in [6.45, 7) is 1.00. The number of benzene rings is 1. The standard InChI is InChI=1S/C32H37NO8/c1-37-22-13-9-12-21(14-15-22)32-27(20-10-5-4-6-11-20)26(30(35)39-3)29(34)31(32,36)28-24(38-2)18-23(19-25(28)41-32)40-17-8-7-16-33/h4-6,10,14-15,18-20,26-27,29,34,36H,7-8,11,13,16-17,33H2,1-3H3/t20?,26?,27?,29-,31+,32+/m0/s1. The van der Waals surface area contributed by atoms with E-state index in [4.69, 9.17) is 29.4 Å². The number of allylic oxidation sites excluding steroid dienone is 7. The topological polar surface area (TPSA) is 130 Å². The summed E-state index contributed by atoms with van der Waals surface area (Å²) in [5, 5.41) is 24.9. The largest absolute Gasteiger partial charge is 0.500 e. The number of ether oxygens (including phenoxy) is 5. The van der Waals surface area contributed by atoms with Gasteiger partial charge in [0.05, 0.1) is 45.8 Å². The van der Waals surface area contributed by atoms with Gasteiger partial charge in [0, 0.05) is 23.6 Å². The fourth-order valence-electron chi connectivity index (χ4n) is 6.68. The number of carbonyl (C=O) groups is 1. The van der Waals surface area contributed by atoms with Crippen molar-refractivity contribution in [2.24, 2.45) is 23.5 Å². The number of methoxy groups -OCH3 is 3. The van der Waals surface area contributed by atoms with Gasteiger partial charge in [0.2, 0.25) is 0 Å². The average Bonchev–Trinajstić information content (AvgIpc) is 3.21. The number of aliphatic hydroxyl groups is 2. The van der Waals surface area contributed by atoms with Crippen LogP contribution in [-0.4, -0.2) is 62.4 Å². The Kier molecular flexibility index (Phi) is 8.18. The van der Waals surface area contributed by atoms with E-state index in [1.54, 1.807) is 31.4 Å². The van der Waals surface area contributed by atoms with Crippen molar-refractivity contribution in [3.05, 3.63) is 65.5 Å². The molecule has 1 heterocycles. The molecule has 3 aliphatic carbocycles. The quantitative estimate of drug-likeness (QED) is 0.224. The zero-order valence-corrected chi connectivity index (χ0v) is 23.6. The van der Waals surface area contributed by atoms with Gasteiger partial charge in [-0.3, -0.25) is 4.79 Å². The van der Waals surface area contributed by atoms with Crippen molar-refractivity contribution in [2.45, 2.75) is 43.0 Å². The number of aliphatic hydroxyl groups excluding tert-OH is 1. The van der Waals surface area contributed by atoms with Crippen LogP contribution in [0.15, 0.2) is 59.9 Å². The van der Waals surface area contributed by atoms with E-state index in [0.717, 1.165) is 12.8 Å². The maximum absolute atomic E-state index is 13.4. The highest BCUT2D eigenvalue weighted by Gasteiger charge is 2.79. The van der Waals surface area contributed by atoms with E-state index in [-0.39, 0.29) is 23.0 Å². The number of carbonyl (C=O) groups excluding carboxylic acids is 1. The van der Waals surface area contributed by atoms with Crippen LogP contribution in [0.5, 0.6) is 17.2 Å². The van der Waals surface area contributed by atoms with E-state index in [1.807, 2.05) is 24.3 Å². The third-order valence-electron chi connectivity index (χ3n) is 8.50. The van der Waals surface area contributed by atoms with Crippen LogP contribution >= 0.6 is 0 Å². The highest BCUT2D eigenvalue weighted by atomic mass is 16.6. The fourth-order valence-corrected chi connectivity index (χ4v) is 6.68. The van der Waals surface area contributed by atoms with Crippen molar-refractivity contribution in [1.82, 2.24) is 0 Å². The monoisotopic (exact) mass is 563 g/mol. The molecule has 1 aliphatic heterocycles. The van der Waals surface area contributed by atoms with Crippen LogP contribution in [0.4, 0.5) is 0 Å². The first-order valence-corrected chi connectivity index (χ1v) is 13.9. The molecule has 1 aromatic rings. The molecule has 4 aliphatic rings. The highest BCUT2D eigenvalue weighted by Crippen LogP contribution is 2.68. The zero-order valence-electron chi connectivity index (χ0n) is 23.6. The lowest BCUT2D eigenvalue weighted by Gasteiger charge is -2.42. The summed E-state index contributed by atoms with van der Waals surface area (Å²) in [6, 6.07) is 3.35. The number of rotatable bonds is 10. The molecule has 6 atom stereocenters. The molecule has 9 heteroatoms. The Labute approximate surface area is 240 Å². The van der Waals surface area contributed by atoms with Crippen LogP contribution < -0.4 is 19.9 Å². The molecule has 0 bridgehead atoms. The summed E-state index contributed by atoms with van der Waals surface area (Å²) >= 11 is 0. The number of nitrogens with two attached hydrogens (primary N) is 1. The molecule has 0 spiro atoms. The number of esters is 1. The van der Waals surface area contributed by atoms with Crippen LogP contribution in [0.2, 0.25) is 0 Å². The van der Waals surface area contributed by atoms with Gasteiger partial charge in [-0.1, -0.05) is 36.1 Å².